The van der Waals surface area contributed by atoms with Gasteiger partial charge in [-0.25, -0.2) is 13.4 Å². The number of aromatic amines is 1. The first-order valence-electron chi connectivity index (χ1n) is 9.54. The Morgan fingerprint density at radius 3 is 2.41 bits per heavy atom. The van der Waals surface area contributed by atoms with E-state index in [4.69, 9.17) is 9.47 Å². The monoisotopic (exact) mass is 477 g/mol. The number of amides is 1. The lowest BCUT2D eigenvalue weighted by molar-refractivity contribution is -0.122. The summed E-state index contributed by atoms with van der Waals surface area (Å²) in [7, 11) is -2.22. The molecule has 0 aliphatic heterocycles. The highest BCUT2D eigenvalue weighted by atomic mass is 32.2. The number of carbonyl (C=O) groups excluding carboxylic acids is 1. The molecule has 0 aliphatic carbocycles. The molecule has 1 heterocycles. The Bertz CT molecular complexity index is 1130. The molecule has 0 saturated heterocycles. The van der Waals surface area contributed by atoms with Gasteiger partial charge in [0, 0.05) is 18.0 Å². The Kier molecular flexibility index (Phi) is 7.95. The highest BCUT2D eigenvalue weighted by Gasteiger charge is 2.14. The smallest absolute Gasteiger partial charge is 0.261 e. The van der Waals surface area contributed by atoms with Crippen molar-refractivity contribution in [2.24, 2.45) is 0 Å². The molecule has 32 heavy (non-hydrogen) atoms. The molecule has 12 heteroatoms. The van der Waals surface area contributed by atoms with Crippen LogP contribution in [-0.2, 0) is 14.8 Å². The number of anilines is 1. The molecular formula is C20H23N5O5S2. The number of benzene rings is 2. The minimum absolute atomic E-state index is 0.0735. The molecule has 2 aromatic carbocycles. The van der Waals surface area contributed by atoms with Crippen LogP contribution in [0.15, 0.2) is 58.6 Å². The van der Waals surface area contributed by atoms with Gasteiger partial charge in [-0.2, -0.15) is 0 Å². The van der Waals surface area contributed by atoms with E-state index in [2.05, 4.69) is 25.2 Å². The van der Waals surface area contributed by atoms with Crippen molar-refractivity contribution in [2.45, 2.75) is 17.0 Å². The quantitative estimate of drug-likeness (QED) is 0.283. The number of ether oxygens (including phenoxy) is 2. The van der Waals surface area contributed by atoms with E-state index in [1.165, 1.54) is 43.1 Å². The van der Waals surface area contributed by atoms with Crippen LogP contribution in [0.3, 0.4) is 0 Å². The zero-order chi connectivity index (χ0) is 23.0. The maximum atomic E-state index is 12.5. The lowest BCUT2D eigenvalue weighted by Crippen LogP contribution is -2.30. The highest BCUT2D eigenvalue weighted by molar-refractivity contribution is 7.99. The average Bonchev–Trinajstić information content (AvgIpc) is 3.21. The third-order valence-corrected chi connectivity index (χ3v) is 6.32. The molecule has 1 aromatic heterocycles. The number of thioether (sulfide) groups is 1. The standard InChI is InChI=1S/C20H23N5O5S2/c1-14-22-20(24-23-14)31-12-11-21-19(26)13-30-17-7-9-18(10-8-17)32(27,28)25-15-3-5-16(29-2)6-4-15/h3-10,25H,11-13H2,1-2H3,(H,21,26)(H,22,23,24). The molecule has 3 N–H and O–H groups in total. The van der Waals surface area contributed by atoms with Crippen molar-refractivity contribution in [3.8, 4) is 11.5 Å². The Balaban J connectivity index is 1.43. The summed E-state index contributed by atoms with van der Waals surface area (Å²) >= 11 is 1.43. The molecule has 10 nitrogen and oxygen atoms in total. The van der Waals surface area contributed by atoms with Crippen LogP contribution in [0, 0.1) is 6.92 Å². The second kappa shape index (κ2) is 10.9. The van der Waals surface area contributed by atoms with Crippen molar-refractivity contribution in [3.05, 3.63) is 54.4 Å². The van der Waals surface area contributed by atoms with Gasteiger partial charge in [-0.1, -0.05) is 11.8 Å². The fraction of sp³-hybridized carbons (Fsp3) is 0.250. The summed E-state index contributed by atoms with van der Waals surface area (Å²) in [5.41, 5.74) is 0.416. The van der Waals surface area contributed by atoms with E-state index >= 15 is 0 Å². The van der Waals surface area contributed by atoms with Crippen molar-refractivity contribution < 1.29 is 22.7 Å². The summed E-state index contributed by atoms with van der Waals surface area (Å²) in [5.74, 6) is 2.09. The summed E-state index contributed by atoms with van der Waals surface area (Å²) in [6.07, 6.45) is 0. The maximum absolute atomic E-state index is 12.5. The van der Waals surface area contributed by atoms with E-state index in [0.29, 0.717) is 34.6 Å². The summed E-state index contributed by atoms with van der Waals surface area (Å²) in [6, 6.07) is 12.4. The molecule has 0 bridgehead atoms. The fourth-order valence-corrected chi connectivity index (χ4v) is 4.26. The van der Waals surface area contributed by atoms with E-state index in [-0.39, 0.29) is 17.4 Å². The van der Waals surface area contributed by atoms with Crippen LogP contribution in [0.2, 0.25) is 0 Å². The number of carbonyl (C=O) groups is 1. The van der Waals surface area contributed by atoms with Gasteiger partial charge in [-0.3, -0.25) is 14.6 Å². The fourth-order valence-electron chi connectivity index (χ4n) is 2.51. The Morgan fingerprint density at radius 2 is 1.78 bits per heavy atom. The summed E-state index contributed by atoms with van der Waals surface area (Å²) < 4.78 is 38.0. The molecule has 0 saturated carbocycles. The van der Waals surface area contributed by atoms with Gasteiger partial charge in [-0.15, -0.1) is 5.10 Å². The summed E-state index contributed by atoms with van der Waals surface area (Å²) in [6.45, 7) is 2.07. The Hall–Kier alpha value is -3.25. The highest BCUT2D eigenvalue weighted by Crippen LogP contribution is 2.21. The first kappa shape index (κ1) is 23.4. The zero-order valence-corrected chi connectivity index (χ0v) is 19.1. The van der Waals surface area contributed by atoms with Gasteiger partial charge in [0.2, 0.25) is 5.16 Å². The molecule has 170 valence electrons. The molecule has 3 aromatic rings. The van der Waals surface area contributed by atoms with Crippen molar-refractivity contribution in [1.82, 2.24) is 20.5 Å². The number of sulfonamides is 1. The zero-order valence-electron chi connectivity index (χ0n) is 17.5. The topological polar surface area (TPSA) is 135 Å². The number of nitrogens with one attached hydrogen (secondary N) is 3. The number of nitrogens with zero attached hydrogens (tertiary/aromatic N) is 2. The van der Waals surface area contributed by atoms with E-state index in [1.807, 2.05) is 6.92 Å². The average molecular weight is 478 g/mol. The van der Waals surface area contributed by atoms with Crippen LogP contribution >= 0.6 is 11.8 Å². The molecular weight excluding hydrogens is 454 g/mol. The second-order valence-corrected chi connectivity index (χ2v) is 9.24. The second-order valence-electron chi connectivity index (χ2n) is 6.50. The van der Waals surface area contributed by atoms with Crippen molar-refractivity contribution in [3.63, 3.8) is 0 Å². The minimum atomic E-state index is -3.76. The molecule has 3 rings (SSSR count). The van der Waals surface area contributed by atoms with Gasteiger partial charge in [-0.05, 0) is 55.5 Å². The normalized spacial score (nSPS) is 11.1. The molecule has 0 unspecified atom stereocenters. The number of hydrogen-bond acceptors (Lipinski definition) is 8. The van der Waals surface area contributed by atoms with Gasteiger partial charge in [0.1, 0.15) is 17.3 Å². The lowest BCUT2D eigenvalue weighted by Gasteiger charge is -2.10. The van der Waals surface area contributed by atoms with Crippen LogP contribution < -0.4 is 19.5 Å². The minimum Gasteiger partial charge on any atom is -0.497 e. The van der Waals surface area contributed by atoms with Crippen molar-refractivity contribution in [1.29, 1.82) is 0 Å². The van der Waals surface area contributed by atoms with Gasteiger partial charge < -0.3 is 14.8 Å². The number of H-pyrrole nitrogens is 1. The molecule has 0 fully saturated rings. The van der Waals surface area contributed by atoms with E-state index in [1.54, 1.807) is 24.3 Å². The van der Waals surface area contributed by atoms with E-state index in [9.17, 15) is 13.2 Å². The number of hydrogen-bond donors (Lipinski definition) is 3. The van der Waals surface area contributed by atoms with Gasteiger partial charge >= 0.3 is 0 Å². The SMILES string of the molecule is COc1ccc(NS(=O)(=O)c2ccc(OCC(=O)NCCSc3n[nH]c(C)n3)cc2)cc1. The third-order valence-electron chi connectivity index (χ3n) is 4.08. The third kappa shape index (κ3) is 6.89. The van der Waals surface area contributed by atoms with Crippen LogP contribution in [0.1, 0.15) is 5.82 Å². The predicted octanol–water partition coefficient (Wildman–Crippen LogP) is 2.21. The Morgan fingerprint density at radius 1 is 1.09 bits per heavy atom. The van der Waals surface area contributed by atoms with Crippen LogP contribution in [0.5, 0.6) is 11.5 Å². The lowest BCUT2D eigenvalue weighted by atomic mass is 10.3. The van der Waals surface area contributed by atoms with Crippen molar-refractivity contribution in [2.75, 3.05) is 30.7 Å². The van der Waals surface area contributed by atoms with E-state index in [0.717, 1.165) is 5.82 Å². The van der Waals surface area contributed by atoms with E-state index < -0.39 is 10.0 Å². The first-order chi connectivity index (χ1) is 15.4. The van der Waals surface area contributed by atoms with Crippen molar-refractivity contribution >= 4 is 33.4 Å². The molecule has 0 atom stereocenters. The number of aryl methyl sites for hydroxylation is 1. The van der Waals surface area contributed by atoms with Gasteiger partial charge in [0.05, 0.1) is 12.0 Å². The molecule has 0 aliphatic rings. The van der Waals surface area contributed by atoms with Crippen LogP contribution in [0.4, 0.5) is 5.69 Å². The van der Waals surface area contributed by atoms with Crippen LogP contribution in [0.25, 0.3) is 0 Å². The number of methoxy groups -OCH3 is 1. The first-order valence-corrected chi connectivity index (χ1v) is 12.0. The number of aromatic nitrogens is 3. The Labute approximate surface area is 190 Å². The van der Waals surface area contributed by atoms with Gasteiger partial charge in [0.25, 0.3) is 15.9 Å². The predicted molar refractivity (Wildman–Crippen MR) is 121 cm³/mol. The molecule has 0 spiro atoms. The van der Waals surface area contributed by atoms with Crippen LogP contribution in [-0.4, -0.2) is 55.5 Å². The largest absolute Gasteiger partial charge is 0.497 e. The van der Waals surface area contributed by atoms with Gasteiger partial charge in [0.15, 0.2) is 6.61 Å². The number of rotatable bonds is 11. The maximum Gasteiger partial charge on any atom is 0.261 e. The molecule has 1 amide bonds. The summed E-state index contributed by atoms with van der Waals surface area (Å²) in [5, 5.41) is 10.1. The summed E-state index contributed by atoms with van der Waals surface area (Å²) in [4.78, 5) is 16.1. The molecule has 0 radical (unpaired) electrons.